The molecule has 1 aromatic rings. The van der Waals surface area contributed by atoms with E-state index in [4.69, 9.17) is 0 Å². The third-order valence-electron chi connectivity index (χ3n) is 3.61. The summed E-state index contributed by atoms with van der Waals surface area (Å²) in [5.74, 6) is 0. The van der Waals surface area contributed by atoms with Crippen LogP contribution in [0, 0.1) is 0 Å². The molecular formula is C14H20BrNO. The fraction of sp³-hybridized carbons (Fsp3) is 0.571. The van der Waals surface area contributed by atoms with Gasteiger partial charge < -0.3 is 5.11 Å². The molecule has 0 amide bonds. The van der Waals surface area contributed by atoms with Gasteiger partial charge in [0.1, 0.15) is 0 Å². The van der Waals surface area contributed by atoms with Crippen LogP contribution < -0.4 is 0 Å². The highest BCUT2D eigenvalue weighted by Gasteiger charge is 2.22. The Bertz CT molecular complexity index is 361. The molecule has 2 nitrogen and oxygen atoms in total. The Hall–Kier alpha value is -0.380. The van der Waals surface area contributed by atoms with Gasteiger partial charge in [0.05, 0.1) is 6.10 Å². The lowest BCUT2D eigenvalue weighted by Crippen LogP contribution is -2.35. The lowest BCUT2D eigenvalue weighted by atomic mass is 9.92. The molecule has 0 bridgehead atoms. The molecule has 0 spiro atoms. The number of hydrogen-bond donors (Lipinski definition) is 1. The topological polar surface area (TPSA) is 23.5 Å². The Morgan fingerprint density at radius 3 is 2.65 bits per heavy atom. The number of hydrogen-bond acceptors (Lipinski definition) is 2. The Morgan fingerprint density at radius 1 is 1.29 bits per heavy atom. The largest absolute Gasteiger partial charge is 0.393 e. The van der Waals surface area contributed by atoms with Crippen molar-refractivity contribution in [1.29, 1.82) is 0 Å². The van der Waals surface area contributed by atoms with Crippen LogP contribution in [0.4, 0.5) is 0 Å². The van der Waals surface area contributed by atoms with Crippen molar-refractivity contribution in [2.45, 2.75) is 44.4 Å². The summed E-state index contributed by atoms with van der Waals surface area (Å²) in [5.41, 5.74) is 1.34. The van der Waals surface area contributed by atoms with Crippen LogP contribution in [0.25, 0.3) is 0 Å². The predicted molar refractivity (Wildman–Crippen MR) is 73.9 cm³/mol. The molecule has 1 aliphatic rings. The summed E-state index contributed by atoms with van der Waals surface area (Å²) in [5, 5.41) is 9.51. The maximum atomic E-state index is 9.51. The van der Waals surface area contributed by atoms with Crippen LogP contribution >= 0.6 is 15.9 Å². The summed E-state index contributed by atoms with van der Waals surface area (Å²) in [6.45, 7) is 0.986. The van der Waals surface area contributed by atoms with Crippen molar-refractivity contribution in [2.75, 3.05) is 7.05 Å². The van der Waals surface area contributed by atoms with Crippen LogP contribution in [0.2, 0.25) is 0 Å². The first-order valence-electron chi connectivity index (χ1n) is 6.28. The van der Waals surface area contributed by atoms with E-state index in [1.165, 1.54) is 5.56 Å². The van der Waals surface area contributed by atoms with E-state index in [0.29, 0.717) is 6.04 Å². The number of aliphatic hydroxyl groups is 1. The normalized spacial score (nSPS) is 25.2. The van der Waals surface area contributed by atoms with E-state index in [2.05, 4.69) is 52.1 Å². The second-order valence-electron chi connectivity index (χ2n) is 5.01. The molecule has 1 fully saturated rings. The quantitative estimate of drug-likeness (QED) is 0.926. The van der Waals surface area contributed by atoms with E-state index in [0.717, 1.165) is 36.7 Å². The van der Waals surface area contributed by atoms with Gasteiger partial charge in [0, 0.05) is 17.1 Å². The second kappa shape index (κ2) is 5.98. The van der Waals surface area contributed by atoms with Gasteiger partial charge in [-0.1, -0.05) is 28.1 Å². The minimum Gasteiger partial charge on any atom is -0.393 e. The zero-order valence-electron chi connectivity index (χ0n) is 10.3. The number of halogens is 1. The lowest BCUT2D eigenvalue weighted by Gasteiger charge is -2.33. The van der Waals surface area contributed by atoms with Gasteiger partial charge in [0.25, 0.3) is 0 Å². The Labute approximate surface area is 112 Å². The average Bonchev–Trinajstić information content (AvgIpc) is 2.29. The van der Waals surface area contributed by atoms with Gasteiger partial charge in [0.2, 0.25) is 0 Å². The fourth-order valence-electron chi connectivity index (χ4n) is 2.55. The van der Waals surface area contributed by atoms with Gasteiger partial charge in [-0.25, -0.2) is 0 Å². The highest BCUT2D eigenvalue weighted by atomic mass is 79.9. The SMILES string of the molecule is CN(Cc1cccc(Br)c1)C1CCC(O)CC1. The first-order valence-corrected chi connectivity index (χ1v) is 7.07. The van der Waals surface area contributed by atoms with Crippen LogP contribution in [0.1, 0.15) is 31.2 Å². The molecule has 0 unspecified atom stereocenters. The summed E-state index contributed by atoms with van der Waals surface area (Å²) in [6.07, 6.45) is 4.07. The van der Waals surface area contributed by atoms with Crippen LogP contribution in [0.5, 0.6) is 0 Å². The van der Waals surface area contributed by atoms with Gasteiger partial charge in [0.15, 0.2) is 0 Å². The molecule has 0 atom stereocenters. The zero-order chi connectivity index (χ0) is 12.3. The van der Waals surface area contributed by atoms with Crippen molar-refractivity contribution in [3.8, 4) is 0 Å². The molecule has 0 aliphatic heterocycles. The maximum Gasteiger partial charge on any atom is 0.0541 e. The van der Waals surface area contributed by atoms with Crippen LogP contribution in [-0.4, -0.2) is 29.2 Å². The molecule has 0 heterocycles. The Kier molecular flexibility index (Phi) is 4.60. The summed E-state index contributed by atoms with van der Waals surface area (Å²) >= 11 is 3.50. The summed E-state index contributed by atoms with van der Waals surface area (Å²) in [4.78, 5) is 2.41. The van der Waals surface area contributed by atoms with Crippen molar-refractivity contribution in [3.05, 3.63) is 34.3 Å². The van der Waals surface area contributed by atoms with E-state index in [9.17, 15) is 5.11 Å². The van der Waals surface area contributed by atoms with Crippen molar-refractivity contribution >= 4 is 15.9 Å². The molecule has 0 aromatic heterocycles. The zero-order valence-corrected chi connectivity index (χ0v) is 11.9. The van der Waals surface area contributed by atoms with Gasteiger partial charge in [-0.15, -0.1) is 0 Å². The van der Waals surface area contributed by atoms with Crippen molar-refractivity contribution < 1.29 is 5.11 Å². The molecule has 17 heavy (non-hydrogen) atoms. The summed E-state index contributed by atoms with van der Waals surface area (Å²) in [7, 11) is 2.18. The third kappa shape index (κ3) is 3.80. The highest BCUT2D eigenvalue weighted by molar-refractivity contribution is 9.10. The highest BCUT2D eigenvalue weighted by Crippen LogP contribution is 2.23. The molecule has 0 radical (unpaired) electrons. The lowest BCUT2D eigenvalue weighted by molar-refractivity contribution is 0.0818. The predicted octanol–water partition coefficient (Wildman–Crippen LogP) is 3.18. The van der Waals surface area contributed by atoms with Crippen molar-refractivity contribution in [3.63, 3.8) is 0 Å². The van der Waals surface area contributed by atoms with Crippen LogP contribution in [0.15, 0.2) is 28.7 Å². The maximum absolute atomic E-state index is 9.51. The molecule has 3 heteroatoms. The molecule has 94 valence electrons. The van der Waals surface area contributed by atoms with E-state index in [1.54, 1.807) is 0 Å². The van der Waals surface area contributed by atoms with E-state index in [1.807, 2.05) is 0 Å². The molecule has 1 aromatic carbocycles. The standard InChI is InChI=1S/C14H20BrNO/c1-16(13-5-7-14(17)8-6-13)10-11-3-2-4-12(15)9-11/h2-4,9,13-14,17H,5-8,10H2,1H3. The molecule has 1 saturated carbocycles. The first kappa shape index (κ1) is 13.1. The summed E-state index contributed by atoms with van der Waals surface area (Å²) < 4.78 is 1.14. The minimum absolute atomic E-state index is 0.0643. The molecule has 1 aliphatic carbocycles. The number of aliphatic hydroxyl groups excluding tert-OH is 1. The molecular weight excluding hydrogens is 278 g/mol. The fourth-order valence-corrected chi connectivity index (χ4v) is 3.00. The van der Waals surface area contributed by atoms with Gasteiger partial charge >= 0.3 is 0 Å². The number of benzene rings is 1. The third-order valence-corrected chi connectivity index (χ3v) is 4.10. The monoisotopic (exact) mass is 297 g/mol. The number of nitrogens with zero attached hydrogens (tertiary/aromatic N) is 1. The van der Waals surface area contributed by atoms with Crippen LogP contribution in [0.3, 0.4) is 0 Å². The van der Waals surface area contributed by atoms with Gasteiger partial charge in [-0.05, 0) is 50.4 Å². The van der Waals surface area contributed by atoms with E-state index >= 15 is 0 Å². The Balaban J connectivity index is 1.90. The van der Waals surface area contributed by atoms with Gasteiger partial charge in [-0.3, -0.25) is 4.90 Å². The molecule has 0 saturated heterocycles. The Morgan fingerprint density at radius 2 is 2.00 bits per heavy atom. The van der Waals surface area contributed by atoms with Crippen molar-refractivity contribution in [1.82, 2.24) is 4.90 Å². The average molecular weight is 298 g/mol. The molecule has 2 rings (SSSR count). The molecule has 1 N–H and O–H groups in total. The summed E-state index contributed by atoms with van der Waals surface area (Å²) in [6, 6.07) is 9.10. The van der Waals surface area contributed by atoms with E-state index in [-0.39, 0.29) is 6.10 Å². The smallest absolute Gasteiger partial charge is 0.0541 e. The first-order chi connectivity index (χ1) is 8.15. The number of rotatable bonds is 3. The van der Waals surface area contributed by atoms with E-state index < -0.39 is 0 Å². The minimum atomic E-state index is -0.0643. The van der Waals surface area contributed by atoms with Crippen molar-refractivity contribution in [2.24, 2.45) is 0 Å². The second-order valence-corrected chi connectivity index (χ2v) is 5.92. The van der Waals surface area contributed by atoms with Crippen LogP contribution in [-0.2, 0) is 6.54 Å². The van der Waals surface area contributed by atoms with Gasteiger partial charge in [-0.2, -0.15) is 0 Å².